The Labute approximate surface area is 133 Å². The van der Waals surface area contributed by atoms with Crippen LogP contribution in [0.2, 0.25) is 0 Å². The standard InChI is InChI=1S/C18H22O3Si/c1-2-3-14-17(19)18(20)21-22(15-10-6-4-7-11-15)16-12-8-5-9-13-16/h4-13,17,19,22H,2-3,14H2,1H3. The van der Waals surface area contributed by atoms with Crippen molar-refractivity contribution in [3.8, 4) is 0 Å². The highest BCUT2D eigenvalue weighted by molar-refractivity contribution is 6.81. The Hall–Kier alpha value is -1.91. The van der Waals surface area contributed by atoms with E-state index in [1.807, 2.05) is 67.6 Å². The summed E-state index contributed by atoms with van der Waals surface area (Å²) in [4.78, 5) is 12.2. The lowest BCUT2D eigenvalue weighted by Gasteiger charge is -2.19. The molecule has 0 aromatic heterocycles. The van der Waals surface area contributed by atoms with E-state index in [4.69, 9.17) is 4.43 Å². The molecule has 116 valence electrons. The summed E-state index contributed by atoms with van der Waals surface area (Å²) in [6, 6.07) is 19.6. The van der Waals surface area contributed by atoms with Crippen LogP contribution < -0.4 is 10.4 Å². The van der Waals surface area contributed by atoms with Gasteiger partial charge in [0, 0.05) is 0 Å². The van der Waals surface area contributed by atoms with Crippen molar-refractivity contribution in [3.05, 3.63) is 60.7 Å². The van der Waals surface area contributed by atoms with Gasteiger partial charge in [0.05, 0.1) is 0 Å². The van der Waals surface area contributed by atoms with Crippen LogP contribution in [-0.2, 0) is 9.22 Å². The first-order valence-corrected chi connectivity index (χ1v) is 9.33. The van der Waals surface area contributed by atoms with Crippen molar-refractivity contribution >= 4 is 25.4 Å². The van der Waals surface area contributed by atoms with E-state index in [9.17, 15) is 9.90 Å². The zero-order chi connectivity index (χ0) is 15.8. The van der Waals surface area contributed by atoms with Crippen LogP contribution in [0.4, 0.5) is 0 Å². The fourth-order valence-electron chi connectivity index (χ4n) is 2.29. The van der Waals surface area contributed by atoms with Gasteiger partial charge in [0.25, 0.3) is 0 Å². The molecule has 3 nitrogen and oxygen atoms in total. The van der Waals surface area contributed by atoms with Crippen LogP contribution in [-0.4, -0.2) is 26.2 Å². The Morgan fingerprint density at radius 3 is 2.00 bits per heavy atom. The van der Waals surface area contributed by atoms with Crippen LogP contribution in [0.15, 0.2) is 60.7 Å². The number of carbonyl (C=O) groups excluding carboxylic acids is 1. The molecule has 1 N–H and O–H groups in total. The van der Waals surface area contributed by atoms with E-state index in [-0.39, 0.29) is 0 Å². The molecule has 0 aliphatic rings. The number of aliphatic hydroxyl groups is 1. The third-order valence-electron chi connectivity index (χ3n) is 3.54. The molecule has 0 heterocycles. The molecule has 1 atom stereocenters. The van der Waals surface area contributed by atoms with Crippen molar-refractivity contribution in [3.63, 3.8) is 0 Å². The molecule has 0 aliphatic carbocycles. The second-order valence-electron chi connectivity index (χ2n) is 5.30. The van der Waals surface area contributed by atoms with Gasteiger partial charge in [-0.05, 0) is 16.8 Å². The van der Waals surface area contributed by atoms with E-state index in [1.165, 1.54) is 0 Å². The van der Waals surface area contributed by atoms with Crippen LogP contribution >= 0.6 is 0 Å². The zero-order valence-electron chi connectivity index (χ0n) is 12.8. The number of hydrogen-bond acceptors (Lipinski definition) is 3. The number of carbonyl (C=O) groups is 1. The second kappa shape index (κ2) is 8.51. The highest BCUT2D eigenvalue weighted by Crippen LogP contribution is 2.04. The average molecular weight is 314 g/mol. The van der Waals surface area contributed by atoms with Gasteiger partial charge in [-0.3, -0.25) is 4.79 Å². The normalized spacial score (nSPS) is 12.1. The molecular formula is C18H22O3Si. The van der Waals surface area contributed by atoms with Crippen LogP contribution in [0.25, 0.3) is 0 Å². The highest BCUT2D eigenvalue weighted by Gasteiger charge is 2.25. The minimum Gasteiger partial charge on any atom is -0.511 e. The quantitative estimate of drug-likeness (QED) is 0.790. The van der Waals surface area contributed by atoms with Crippen LogP contribution in [0.5, 0.6) is 0 Å². The third-order valence-corrected chi connectivity index (χ3v) is 5.99. The molecule has 22 heavy (non-hydrogen) atoms. The lowest BCUT2D eigenvalue weighted by Crippen LogP contribution is -2.48. The molecule has 0 saturated heterocycles. The second-order valence-corrected chi connectivity index (χ2v) is 7.63. The maximum absolute atomic E-state index is 12.2. The van der Waals surface area contributed by atoms with E-state index in [1.54, 1.807) is 0 Å². The molecule has 2 rings (SSSR count). The molecule has 4 heteroatoms. The number of benzene rings is 2. The van der Waals surface area contributed by atoms with E-state index < -0.39 is 21.1 Å². The predicted octanol–water partition coefficient (Wildman–Crippen LogP) is 1.62. The van der Waals surface area contributed by atoms with E-state index in [0.717, 1.165) is 23.2 Å². The van der Waals surface area contributed by atoms with Gasteiger partial charge < -0.3 is 9.53 Å². The van der Waals surface area contributed by atoms with Crippen molar-refractivity contribution in [2.75, 3.05) is 0 Å². The van der Waals surface area contributed by atoms with Crippen LogP contribution in [0.1, 0.15) is 26.2 Å². The number of rotatable bonds is 7. The zero-order valence-corrected chi connectivity index (χ0v) is 14.0. The molecule has 0 radical (unpaired) electrons. The van der Waals surface area contributed by atoms with Crippen LogP contribution in [0.3, 0.4) is 0 Å². The van der Waals surface area contributed by atoms with Gasteiger partial charge in [-0.25, -0.2) is 0 Å². The molecule has 2 aromatic rings. The maximum atomic E-state index is 12.2. The summed E-state index contributed by atoms with van der Waals surface area (Å²) in [6.07, 6.45) is 1.20. The SMILES string of the molecule is CCCCC(O)C(=O)O[SiH](c1ccccc1)c1ccccc1. The van der Waals surface area contributed by atoms with Crippen molar-refractivity contribution in [1.29, 1.82) is 0 Å². The lowest BCUT2D eigenvalue weighted by molar-refractivity contribution is -0.144. The van der Waals surface area contributed by atoms with Gasteiger partial charge in [0.2, 0.25) is 0 Å². The Bertz CT molecular complexity index is 532. The topological polar surface area (TPSA) is 46.5 Å². The predicted molar refractivity (Wildman–Crippen MR) is 90.9 cm³/mol. The first-order valence-electron chi connectivity index (χ1n) is 7.70. The Balaban J connectivity index is 2.17. The van der Waals surface area contributed by atoms with Gasteiger partial charge in [-0.2, -0.15) is 0 Å². The van der Waals surface area contributed by atoms with E-state index >= 15 is 0 Å². The summed E-state index contributed by atoms with van der Waals surface area (Å²) < 4.78 is 5.73. The average Bonchev–Trinajstić information content (AvgIpc) is 2.58. The van der Waals surface area contributed by atoms with Gasteiger partial charge >= 0.3 is 15.0 Å². The summed E-state index contributed by atoms with van der Waals surface area (Å²) in [7, 11) is -2.11. The molecule has 0 aliphatic heterocycles. The number of unbranched alkanes of at least 4 members (excludes halogenated alkanes) is 1. The summed E-state index contributed by atoms with van der Waals surface area (Å²) in [5.74, 6) is -0.502. The third kappa shape index (κ3) is 4.54. The summed E-state index contributed by atoms with van der Waals surface area (Å²) in [6.45, 7) is 2.03. The smallest absolute Gasteiger partial charge is 0.321 e. The Morgan fingerprint density at radius 1 is 1.05 bits per heavy atom. The maximum Gasteiger partial charge on any atom is 0.321 e. The molecule has 0 bridgehead atoms. The Morgan fingerprint density at radius 2 is 1.55 bits per heavy atom. The first-order chi connectivity index (χ1) is 10.7. The molecule has 0 spiro atoms. The lowest BCUT2D eigenvalue weighted by atomic mass is 10.2. The van der Waals surface area contributed by atoms with Gasteiger partial charge in [-0.1, -0.05) is 80.4 Å². The van der Waals surface area contributed by atoms with Crippen molar-refractivity contribution in [2.24, 2.45) is 0 Å². The summed E-state index contributed by atoms with van der Waals surface area (Å²) >= 11 is 0. The molecule has 1 unspecified atom stereocenters. The van der Waals surface area contributed by atoms with Crippen molar-refractivity contribution < 1.29 is 14.3 Å². The van der Waals surface area contributed by atoms with E-state index in [0.29, 0.717) is 6.42 Å². The minimum absolute atomic E-state index is 0.458. The highest BCUT2D eigenvalue weighted by atomic mass is 28.3. The van der Waals surface area contributed by atoms with Gasteiger partial charge in [0.15, 0.2) is 0 Å². The fourth-order valence-corrected chi connectivity index (χ4v) is 4.48. The van der Waals surface area contributed by atoms with Crippen LogP contribution in [0, 0.1) is 0 Å². The molecular weight excluding hydrogens is 292 g/mol. The Kier molecular flexibility index (Phi) is 6.37. The van der Waals surface area contributed by atoms with Crippen molar-refractivity contribution in [1.82, 2.24) is 0 Å². The first kappa shape index (κ1) is 16.5. The monoisotopic (exact) mass is 314 g/mol. The van der Waals surface area contributed by atoms with Gasteiger partial charge in [0.1, 0.15) is 6.10 Å². The van der Waals surface area contributed by atoms with Crippen molar-refractivity contribution in [2.45, 2.75) is 32.3 Å². The largest absolute Gasteiger partial charge is 0.511 e. The number of hydrogen-bond donors (Lipinski definition) is 1. The number of aliphatic hydroxyl groups excluding tert-OH is 1. The molecule has 0 saturated carbocycles. The summed E-state index contributed by atoms with van der Waals surface area (Å²) in [5.41, 5.74) is 0. The molecule has 2 aromatic carbocycles. The molecule has 0 fully saturated rings. The summed E-state index contributed by atoms with van der Waals surface area (Å²) in [5, 5.41) is 12.0. The molecule has 0 amide bonds. The van der Waals surface area contributed by atoms with E-state index in [2.05, 4.69) is 0 Å². The fraction of sp³-hybridized carbons (Fsp3) is 0.278. The van der Waals surface area contributed by atoms with Gasteiger partial charge in [-0.15, -0.1) is 0 Å². The minimum atomic E-state index is -2.11.